The molecular formula is C81H140O17P2. The minimum atomic E-state index is -4.99. The molecule has 0 radical (unpaired) electrons. The lowest BCUT2D eigenvalue weighted by molar-refractivity contribution is -0.161. The summed E-state index contributed by atoms with van der Waals surface area (Å²) in [7, 11) is -9.97. The number of hydrogen-bond acceptors (Lipinski definition) is 15. The van der Waals surface area contributed by atoms with Gasteiger partial charge in [0.25, 0.3) is 0 Å². The Morgan fingerprint density at radius 2 is 0.550 bits per heavy atom. The monoisotopic (exact) mass is 1450 g/mol. The van der Waals surface area contributed by atoms with E-state index in [-0.39, 0.29) is 25.7 Å². The van der Waals surface area contributed by atoms with Gasteiger partial charge in [-0.15, -0.1) is 0 Å². The molecule has 0 amide bonds. The van der Waals surface area contributed by atoms with Crippen molar-refractivity contribution in [2.75, 3.05) is 39.6 Å². The second-order valence-electron chi connectivity index (χ2n) is 25.9. The van der Waals surface area contributed by atoms with E-state index in [4.69, 9.17) is 37.0 Å². The van der Waals surface area contributed by atoms with E-state index in [0.717, 1.165) is 148 Å². The van der Waals surface area contributed by atoms with Crippen LogP contribution in [0.15, 0.2) is 109 Å². The third-order valence-electron chi connectivity index (χ3n) is 16.2. The SMILES string of the molecule is CC/C=C\C/C=C\C/C=C\C/C=C\C/C=C\C/C=C\CCC(=O)OCC(COP(=O)(O)OCC(O)COP(=O)(O)OCC(COC(=O)CCCCCCC/C=C\CCCCCCCC)OC(=O)CCCCCCC/C=C\CCCC)OC(=O)CCCCCCC/C=C\CCCCCCCC. The largest absolute Gasteiger partial charge is 0.472 e. The number of aliphatic hydroxyl groups excluding tert-OH is 1. The molecule has 0 heterocycles. The Hall–Kier alpha value is -4.28. The highest BCUT2D eigenvalue weighted by molar-refractivity contribution is 7.47. The summed E-state index contributed by atoms with van der Waals surface area (Å²) in [6.45, 7) is 4.61. The second kappa shape index (κ2) is 73.0. The molecule has 0 rings (SSSR count). The summed E-state index contributed by atoms with van der Waals surface area (Å²) in [5.41, 5.74) is 0. The molecule has 0 aromatic heterocycles. The first kappa shape index (κ1) is 95.7. The standard InChI is InChI=1S/C81H140O17P2/c1-5-9-13-17-21-25-29-32-35-36-37-38-41-43-47-50-54-58-62-66-79(84)92-72-77(98-81(86)68-64-60-56-52-48-44-40-34-31-27-23-19-15-11-7-3)74-96-100(89,90)94-70-75(82)69-93-99(87,88)95-73-76(97-80(85)67-63-59-55-51-45-28-24-20-16-12-8-4)71-91-78(83)65-61-57-53-49-46-42-39-33-30-26-22-18-14-10-6-2/h9,13,20-21,24-25,32-35,37-40,43,47,54,58,75-77,82H,5-8,10-12,14-19,22-23,26-31,36,41-42,44-46,48-53,55-57,59-74H2,1-4H3,(H,87,88)(H,89,90)/b13-9-,24-20-,25-21-,35-32-,38-37-,39-33-,40-34-,47-43-,58-54-. The van der Waals surface area contributed by atoms with Crippen LogP contribution < -0.4 is 0 Å². The van der Waals surface area contributed by atoms with Crippen LogP contribution in [-0.2, 0) is 65.4 Å². The van der Waals surface area contributed by atoms with E-state index in [1.54, 1.807) is 0 Å². The first-order valence-corrected chi connectivity index (χ1v) is 42.1. The third-order valence-corrected chi connectivity index (χ3v) is 18.1. The predicted octanol–water partition coefficient (Wildman–Crippen LogP) is 22.6. The van der Waals surface area contributed by atoms with Gasteiger partial charge in [-0.05, 0) is 135 Å². The van der Waals surface area contributed by atoms with Gasteiger partial charge in [-0.3, -0.25) is 37.3 Å². The average Bonchev–Trinajstić information content (AvgIpc) is 0.985. The first-order chi connectivity index (χ1) is 48.7. The van der Waals surface area contributed by atoms with Crippen LogP contribution in [0.2, 0.25) is 0 Å². The van der Waals surface area contributed by atoms with E-state index in [9.17, 15) is 43.2 Å². The number of phosphoric ester groups is 2. The molecule has 576 valence electrons. The van der Waals surface area contributed by atoms with Crippen LogP contribution in [0.25, 0.3) is 0 Å². The van der Waals surface area contributed by atoms with E-state index in [1.165, 1.54) is 89.9 Å². The molecule has 17 nitrogen and oxygen atoms in total. The lowest BCUT2D eigenvalue weighted by Crippen LogP contribution is -2.30. The van der Waals surface area contributed by atoms with E-state index in [1.807, 2.05) is 18.2 Å². The fraction of sp³-hybridized carbons (Fsp3) is 0.728. The van der Waals surface area contributed by atoms with E-state index in [0.29, 0.717) is 32.1 Å². The normalized spacial score (nSPS) is 14.5. The van der Waals surface area contributed by atoms with Crippen LogP contribution in [0.5, 0.6) is 0 Å². The Labute approximate surface area is 607 Å². The van der Waals surface area contributed by atoms with Gasteiger partial charge in [-0.25, -0.2) is 9.13 Å². The Kier molecular flexibility index (Phi) is 69.9. The highest BCUT2D eigenvalue weighted by Crippen LogP contribution is 2.45. The van der Waals surface area contributed by atoms with Crippen molar-refractivity contribution in [3.05, 3.63) is 109 Å². The molecule has 100 heavy (non-hydrogen) atoms. The van der Waals surface area contributed by atoms with Gasteiger partial charge in [0.2, 0.25) is 0 Å². The Bertz CT molecular complexity index is 2320. The fourth-order valence-corrected chi connectivity index (χ4v) is 11.8. The topological polar surface area (TPSA) is 237 Å². The van der Waals surface area contributed by atoms with Gasteiger partial charge in [0.05, 0.1) is 26.4 Å². The van der Waals surface area contributed by atoms with Gasteiger partial charge in [0.1, 0.15) is 19.3 Å². The van der Waals surface area contributed by atoms with Crippen LogP contribution in [0, 0.1) is 0 Å². The molecule has 0 bridgehead atoms. The van der Waals surface area contributed by atoms with Gasteiger partial charge in [-0.2, -0.15) is 0 Å². The fourth-order valence-electron chi connectivity index (χ4n) is 10.2. The molecule has 0 aliphatic heterocycles. The van der Waals surface area contributed by atoms with Crippen molar-refractivity contribution in [3.8, 4) is 0 Å². The molecule has 0 aliphatic rings. The molecule has 0 aromatic carbocycles. The lowest BCUT2D eigenvalue weighted by Gasteiger charge is -2.21. The minimum Gasteiger partial charge on any atom is -0.462 e. The molecule has 0 saturated carbocycles. The second-order valence-corrected chi connectivity index (χ2v) is 28.8. The van der Waals surface area contributed by atoms with E-state index in [2.05, 4.69) is 119 Å². The number of rotatable bonds is 73. The maximum Gasteiger partial charge on any atom is 0.472 e. The number of phosphoric acid groups is 2. The summed E-state index contributed by atoms with van der Waals surface area (Å²) in [4.78, 5) is 72.8. The zero-order chi connectivity index (χ0) is 73.2. The molecular weight excluding hydrogens is 1310 g/mol. The molecule has 5 unspecified atom stereocenters. The molecule has 0 spiro atoms. The minimum absolute atomic E-state index is 0.0337. The van der Waals surface area contributed by atoms with E-state index >= 15 is 0 Å². The van der Waals surface area contributed by atoms with Crippen molar-refractivity contribution < 1.29 is 80.2 Å². The smallest absolute Gasteiger partial charge is 0.462 e. The summed E-state index contributed by atoms with van der Waals surface area (Å²) in [5.74, 6) is -2.29. The summed E-state index contributed by atoms with van der Waals surface area (Å²) in [5, 5.41) is 10.6. The van der Waals surface area contributed by atoms with Crippen LogP contribution in [0.4, 0.5) is 0 Å². The van der Waals surface area contributed by atoms with Crippen molar-refractivity contribution in [2.24, 2.45) is 0 Å². The van der Waals surface area contributed by atoms with Gasteiger partial charge >= 0.3 is 39.5 Å². The Morgan fingerprint density at radius 3 is 0.890 bits per heavy atom. The quantitative estimate of drug-likeness (QED) is 0.0169. The molecule has 19 heteroatoms. The third kappa shape index (κ3) is 72.1. The molecule has 3 N–H and O–H groups in total. The Morgan fingerprint density at radius 1 is 0.290 bits per heavy atom. The number of ether oxygens (including phenoxy) is 4. The van der Waals surface area contributed by atoms with Crippen molar-refractivity contribution in [2.45, 2.75) is 341 Å². The lowest BCUT2D eigenvalue weighted by atomic mass is 10.1. The zero-order valence-electron chi connectivity index (χ0n) is 62.8. The van der Waals surface area contributed by atoms with Gasteiger partial charge < -0.3 is 33.8 Å². The maximum absolute atomic E-state index is 13.1. The average molecular weight is 1450 g/mol. The van der Waals surface area contributed by atoms with Crippen molar-refractivity contribution in [3.63, 3.8) is 0 Å². The number of hydrogen-bond donors (Lipinski definition) is 3. The van der Waals surface area contributed by atoms with Gasteiger partial charge in [-0.1, -0.05) is 272 Å². The highest BCUT2D eigenvalue weighted by atomic mass is 31.2. The van der Waals surface area contributed by atoms with Crippen LogP contribution in [-0.4, -0.2) is 96.7 Å². The van der Waals surface area contributed by atoms with Crippen molar-refractivity contribution in [1.29, 1.82) is 0 Å². The first-order valence-electron chi connectivity index (χ1n) is 39.1. The maximum atomic E-state index is 13.1. The van der Waals surface area contributed by atoms with Crippen molar-refractivity contribution in [1.82, 2.24) is 0 Å². The van der Waals surface area contributed by atoms with Crippen LogP contribution in [0.3, 0.4) is 0 Å². The number of carbonyl (C=O) groups is 4. The van der Waals surface area contributed by atoms with Crippen LogP contribution >= 0.6 is 15.6 Å². The predicted molar refractivity (Wildman–Crippen MR) is 408 cm³/mol. The van der Waals surface area contributed by atoms with Gasteiger partial charge in [0, 0.05) is 25.7 Å². The molecule has 0 aliphatic carbocycles. The number of esters is 4. The number of carbonyl (C=O) groups excluding carboxylic acids is 4. The molecule has 5 atom stereocenters. The highest BCUT2D eigenvalue weighted by Gasteiger charge is 2.30. The molecule has 0 saturated heterocycles. The van der Waals surface area contributed by atoms with Crippen molar-refractivity contribution >= 4 is 39.5 Å². The summed E-state index contributed by atoms with van der Waals surface area (Å²) in [6, 6.07) is 0. The summed E-state index contributed by atoms with van der Waals surface area (Å²) in [6.07, 6.45) is 78.1. The molecule has 0 aromatic rings. The zero-order valence-corrected chi connectivity index (χ0v) is 64.6. The van der Waals surface area contributed by atoms with Gasteiger partial charge in [0.15, 0.2) is 12.2 Å². The molecule has 0 fully saturated rings. The Balaban J connectivity index is 5.40. The van der Waals surface area contributed by atoms with Crippen LogP contribution in [0.1, 0.15) is 323 Å². The number of aliphatic hydroxyl groups is 1. The summed E-state index contributed by atoms with van der Waals surface area (Å²) >= 11 is 0. The number of allylic oxidation sites excluding steroid dienone is 18. The van der Waals surface area contributed by atoms with E-state index < -0.39 is 97.5 Å². The number of unbranched alkanes of at least 4 members (excludes halogenated alkanes) is 29. The summed E-state index contributed by atoms with van der Waals surface area (Å²) < 4.78 is 68.4.